The summed E-state index contributed by atoms with van der Waals surface area (Å²) in [5.41, 5.74) is 8.68. The topological polar surface area (TPSA) is 50.1 Å². The highest BCUT2D eigenvalue weighted by atomic mass is 16.5. The van der Waals surface area contributed by atoms with Crippen molar-refractivity contribution in [2.75, 3.05) is 0 Å². The number of nitrogens with one attached hydrogen (secondary N) is 1. The first-order valence-corrected chi connectivity index (χ1v) is 12.7. The summed E-state index contributed by atoms with van der Waals surface area (Å²) in [6.45, 7) is 4.36. The van der Waals surface area contributed by atoms with Crippen molar-refractivity contribution >= 4 is 5.91 Å². The van der Waals surface area contributed by atoms with Gasteiger partial charge in [0.1, 0.15) is 5.75 Å². The minimum atomic E-state index is -0.628. The van der Waals surface area contributed by atoms with Crippen LogP contribution in [-0.2, 0) is 11.2 Å². The average Bonchev–Trinajstić information content (AvgIpc) is 2.74. The smallest absolute Gasteiger partial charge is 0.279 e. The molecule has 3 nitrogen and oxygen atoms in total. The molecule has 0 bridgehead atoms. The lowest BCUT2D eigenvalue weighted by Crippen LogP contribution is -2.28. The van der Waals surface area contributed by atoms with Gasteiger partial charge in [-0.3, -0.25) is 10.5 Å². The Hall–Kier alpha value is -1.51. The van der Waals surface area contributed by atoms with E-state index in [0.29, 0.717) is 6.42 Å². The molecule has 1 radical (unpaired) electrons. The predicted molar refractivity (Wildman–Crippen MR) is 128 cm³/mol. The van der Waals surface area contributed by atoms with Crippen molar-refractivity contribution in [1.82, 2.24) is 5.73 Å². The molecule has 0 spiro atoms. The van der Waals surface area contributed by atoms with Gasteiger partial charge in [-0.2, -0.15) is 0 Å². The molecular weight excluding hydrogens is 370 g/mol. The quantitative estimate of drug-likeness (QED) is 0.202. The first-order valence-electron chi connectivity index (χ1n) is 12.7. The summed E-state index contributed by atoms with van der Waals surface area (Å²) in [5.74, 6) is 0.106. The highest BCUT2D eigenvalue weighted by Crippen LogP contribution is 2.19. The van der Waals surface area contributed by atoms with Crippen molar-refractivity contribution in [3.63, 3.8) is 0 Å². The highest BCUT2D eigenvalue weighted by Gasteiger charge is 2.17. The summed E-state index contributed by atoms with van der Waals surface area (Å²) >= 11 is 0. The first-order chi connectivity index (χ1) is 14.7. The van der Waals surface area contributed by atoms with Crippen LogP contribution in [0.2, 0.25) is 0 Å². The van der Waals surface area contributed by atoms with Crippen LogP contribution in [0.4, 0.5) is 0 Å². The number of carbonyl (C=O) groups excluding carboxylic acids is 1. The number of rotatable bonds is 20. The molecule has 1 N–H and O–H groups in total. The van der Waals surface area contributed by atoms with Crippen molar-refractivity contribution in [2.24, 2.45) is 0 Å². The zero-order valence-corrected chi connectivity index (χ0v) is 19.7. The van der Waals surface area contributed by atoms with Crippen molar-refractivity contribution in [1.29, 1.82) is 0 Å². The van der Waals surface area contributed by atoms with Gasteiger partial charge in [0, 0.05) is 0 Å². The Bertz CT molecular complexity index is 543. The zero-order chi connectivity index (χ0) is 21.9. The Morgan fingerprint density at radius 2 is 1.33 bits per heavy atom. The van der Waals surface area contributed by atoms with E-state index in [-0.39, 0.29) is 0 Å². The first kappa shape index (κ1) is 26.5. The van der Waals surface area contributed by atoms with Gasteiger partial charge < -0.3 is 4.74 Å². The summed E-state index contributed by atoms with van der Waals surface area (Å²) in [7, 11) is 0. The Kier molecular flexibility index (Phi) is 16.2. The van der Waals surface area contributed by atoms with Crippen LogP contribution in [0.3, 0.4) is 0 Å². The highest BCUT2D eigenvalue weighted by molar-refractivity contribution is 5.78. The Balaban J connectivity index is 2.10. The lowest BCUT2D eigenvalue weighted by Gasteiger charge is -2.16. The second-order valence-corrected chi connectivity index (χ2v) is 8.75. The molecule has 0 saturated carbocycles. The average molecular weight is 417 g/mol. The number of benzene rings is 1. The van der Waals surface area contributed by atoms with Gasteiger partial charge >= 0.3 is 0 Å². The van der Waals surface area contributed by atoms with Crippen molar-refractivity contribution < 1.29 is 9.53 Å². The molecule has 1 aromatic rings. The molecule has 3 heteroatoms. The standard InChI is InChI=1S/C27H46NO2/c1-3-5-7-8-9-10-11-12-13-14-15-16-17-19-24-20-18-21-25(23-24)30-26(27(28)29)22-6-4-2/h18,20-21,23,26,28H,3-17,19,22H2,1-2H3. The molecule has 0 aliphatic heterocycles. The number of hydrogen-bond acceptors (Lipinski definition) is 2. The van der Waals surface area contributed by atoms with E-state index >= 15 is 0 Å². The molecule has 0 fully saturated rings. The second kappa shape index (κ2) is 18.3. The molecule has 1 rings (SSSR count). The van der Waals surface area contributed by atoms with Crippen molar-refractivity contribution in [2.45, 2.75) is 129 Å². The van der Waals surface area contributed by atoms with E-state index in [4.69, 9.17) is 10.5 Å². The van der Waals surface area contributed by atoms with Crippen molar-refractivity contribution in [3.8, 4) is 5.75 Å². The number of aryl methyl sites for hydroxylation is 1. The third kappa shape index (κ3) is 13.7. The van der Waals surface area contributed by atoms with Crippen LogP contribution in [-0.4, -0.2) is 12.0 Å². The van der Waals surface area contributed by atoms with Gasteiger partial charge in [0.05, 0.1) is 0 Å². The maximum atomic E-state index is 11.5. The molecular formula is C27H46NO2. The monoisotopic (exact) mass is 416 g/mol. The van der Waals surface area contributed by atoms with E-state index in [1.54, 1.807) is 0 Å². The fourth-order valence-electron chi connectivity index (χ4n) is 3.92. The molecule has 1 atom stereocenters. The molecule has 0 saturated heterocycles. The van der Waals surface area contributed by atoms with Crippen molar-refractivity contribution in [3.05, 3.63) is 29.8 Å². The van der Waals surface area contributed by atoms with E-state index in [1.165, 1.54) is 89.0 Å². The van der Waals surface area contributed by atoms with Crippen LogP contribution < -0.4 is 10.5 Å². The second-order valence-electron chi connectivity index (χ2n) is 8.75. The maximum Gasteiger partial charge on any atom is 0.279 e. The van der Waals surface area contributed by atoms with Gasteiger partial charge in [0.25, 0.3) is 5.91 Å². The fraction of sp³-hybridized carbons (Fsp3) is 0.741. The van der Waals surface area contributed by atoms with Gasteiger partial charge in [-0.25, -0.2) is 0 Å². The lowest BCUT2D eigenvalue weighted by atomic mass is 10.0. The Morgan fingerprint density at radius 3 is 1.87 bits per heavy atom. The number of hydrogen-bond donors (Lipinski definition) is 0. The van der Waals surface area contributed by atoms with E-state index in [9.17, 15) is 4.79 Å². The molecule has 1 amide bonds. The molecule has 0 aliphatic rings. The van der Waals surface area contributed by atoms with Crippen LogP contribution in [0, 0.1) is 0 Å². The predicted octanol–water partition coefficient (Wildman–Crippen LogP) is 8.07. The SMILES string of the molecule is CCCCCCCCCCCCCCCc1cccc(OC(CCCC)C([NH])=O)c1. The Morgan fingerprint density at radius 1 is 0.800 bits per heavy atom. The molecule has 1 aromatic carbocycles. The summed E-state index contributed by atoms with van der Waals surface area (Å²) in [6, 6.07) is 8.08. The summed E-state index contributed by atoms with van der Waals surface area (Å²) in [5, 5.41) is 0. The molecule has 171 valence electrons. The molecule has 30 heavy (non-hydrogen) atoms. The van der Waals surface area contributed by atoms with Gasteiger partial charge in [0.2, 0.25) is 0 Å². The van der Waals surface area contributed by atoms with Crippen LogP contribution >= 0.6 is 0 Å². The van der Waals surface area contributed by atoms with Crippen LogP contribution in [0.5, 0.6) is 5.75 Å². The van der Waals surface area contributed by atoms with Crippen LogP contribution in [0.1, 0.15) is 122 Å². The largest absolute Gasteiger partial charge is 0.481 e. The molecule has 0 aromatic heterocycles. The Labute approximate surface area is 186 Å². The van der Waals surface area contributed by atoms with E-state index in [2.05, 4.69) is 19.9 Å². The van der Waals surface area contributed by atoms with Crippen LogP contribution in [0.25, 0.3) is 0 Å². The fourth-order valence-corrected chi connectivity index (χ4v) is 3.92. The maximum absolute atomic E-state index is 11.5. The third-order valence-electron chi connectivity index (χ3n) is 5.86. The van der Waals surface area contributed by atoms with E-state index < -0.39 is 12.0 Å². The minimum absolute atomic E-state index is 0.620. The lowest BCUT2D eigenvalue weighted by molar-refractivity contribution is -0.125. The number of amides is 1. The molecule has 0 heterocycles. The van der Waals surface area contributed by atoms with Gasteiger partial charge in [-0.05, 0) is 43.4 Å². The normalized spacial score (nSPS) is 12.1. The minimum Gasteiger partial charge on any atom is -0.481 e. The van der Waals surface area contributed by atoms with E-state index in [1.807, 2.05) is 18.2 Å². The van der Waals surface area contributed by atoms with Crippen LogP contribution in [0.15, 0.2) is 24.3 Å². The van der Waals surface area contributed by atoms with Gasteiger partial charge in [0.15, 0.2) is 6.10 Å². The van der Waals surface area contributed by atoms with Gasteiger partial charge in [-0.15, -0.1) is 0 Å². The summed E-state index contributed by atoms with van der Waals surface area (Å²) in [6.07, 6.45) is 20.8. The molecule has 1 unspecified atom stereocenters. The number of ether oxygens (including phenoxy) is 1. The van der Waals surface area contributed by atoms with Gasteiger partial charge in [-0.1, -0.05) is 109 Å². The molecule has 0 aliphatic carbocycles. The third-order valence-corrected chi connectivity index (χ3v) is 5.86. The number of carbonyl (C=O) groups is 1. The summed E-state index contributed by atoms with van der Waals surface area (Å²) < 4.78 is 5.80. The summed E-state index contributed by atoms with van der Waals surface area (Å²) in [4.78, 5) is 11.5. The zero-order valence-electron chi connectivity index (χ0n) is 19.7. The van der Waals surface area contributed by atoms with E-state index in [0.717, 1.165) is 25.0 Å². The number of unbranched alkanes of at least 4 members (excludes halogenated alkanes) is 13.